The summed E-state index contributed by atoms with van der Waals surface area (Å²) in [5.74, 6) is 1.18. The van der Waals surface area contributed by atoms with Crippen molar-refractivity contribution in [1.82, 2.24) is 14.7 Å². The SMILES string of the molecule is Cc1c(COc2cc(OCc3cccc(C#N)c3)c(CN3CCCCC3C(=O)N3CCN(C(=O)OC(C)(C)C)CC3)cc2Cl)cccc1-c1ccccc1. The first-order valence-corrected chi connectivity index (χ1v) is 19.1. The Morgan fingerprint density at radius 3 is 2.28 bits per heavy atom. The highest BCUT2D eigenvalue weighted by molar-refractivity contribution is 6.32. The molecule has 2 amide bonds. The van der Waals surface area contributed by atoms with Crippen LogP contribution in [0.1, 0.15) is 67.9 Å². The van der Waals surface area contributed by atoms with E-state index >= 15 is 0 Å². The van der Waals surface area contributed by atoms with E-state index in [-0.39, 0.29) is 24.6 Å². The highest BCUT2D eigenvalue weighted by Gasteiger charge is 2.35. The number of rotatable bonds is 10. The molecule has 2 aliphatic rings. The Kier molecular flexibility index (Phi) is 12.5. The third-order valence-corrected chi connectivity index (χ3v) is 10.3. The van der Waals surface area contributed by atoms with E-state index in [4.69, 9.17) is 25.8 Å². The van der Waals surface area contributed by atoms with Crippen LogP contribution >= 0.6 is 11.6 Å². The highest BCUT2D eigenvalue weighted by Crippen LogP contribution is 2.36. The second-order valence-electron chi connectivity index (χ2n) is 15.0. The van der Waals surface area contributed by atoms with Crippen molar-refractivity contribution in [3.8, 4) is 28.7 Å². The summed E-state index contributed by atoms with van der Waals surface area (Å²) in [6, 6.07) is 29.5. The molecule has 10 heteroatoms. The molecule has 0 bridgehead atoms. The molecule has 4 aromatic carbocycles. The molecule has 0 saturated carbocycles. The van der Waals surface area contributed by atoms with Gasteiger partial charge in [0.2, 0.25) is 5.91 Å². The van der Waals surface area contributed by atoms with Crippen molar-refractivity contribution in [2.24, 2.45) is 0 Å². The Bertz CT molecular complexity index is 1980. The van der Waals surface area contributed by atoms with Crippen molar-refractivity contribution < 1.29 is 23.8 Å². The van der Waals surface area contributed by atoms with Crippen molar-refractivity contribution >= 4 is 23.6 Å². The number of carbonyl (C=O) groups excluding carboxylic acids is 2. The van der Waals surface area contributed by atoms with Crippen LogP contribution in [-0.2, 0) is 29.3 Å². The van der Waals surface area contributed by atoms with Crippen LogP contribution in [0.4, 0.5) is 4.79 Å². The lowest BCUT2D eigenvalue weighted by molar-refractivity contribution is -0.140. The first-order valence-electron chi connectivity index (χ1n) is 18.7. The molecule has 2 heterocycles. The third kappa shape index (κ3) is 9.73. The maximum Gasteiger partial charge on any atom is 0.410 e. The summed E-state index contributed by atoms with van der Waals surface area (Å²) in [4.78, 5) is 32.5. The van der Waals surface area contributed by atoms with E-state index in [0.717, 1.165) is 59.2 Å². The van der Waals surface area contributed by atoms with Gasteiger partial charge in [0.05, 0.1) is 22.7 Å². The van der Waals surface area contributed by atoms with Gasteiger partial charge in [-0.1, -0.05) is 78.7 Å². The molecule has 0 radical (unpaired) electrons. The lowest BCUT2D eigenvalue weighted by atomic mass is 9.97. The molecule has 0 aliphatic carbocycles. The third-order valence-electron chi connectivity index (χ3n) is 9.99. The summed E-state index contributed by atoms with van der Waals surface area (Å²) in [6.07, 6.45) is 2.34. The number of nitrogens with zero attached hydrogens (tertiary/aromatic N) is 4. The number of likely N-dealkylation sites (tertiary alicyclic amines) is 1. The van der Waals surface area contributed by atoms with Gasteiger partial charge in [0.1, 0.15) is 30.3 Å². The van der Waals surface area contributed by atoms with Crippen molar-refractivity contribution in [3.63, 3.8) is 0 Å². The minimum atomic E-state index is -0.573. The van der Waals surface area contributed by atoms with Crippen LogP contribution in [0, 0.1) is 18.3 Å². The Hall–Kier alpha value is -5.04. The minimum absolute atomic E-state index is 0.0773. The molecule has 1 unspecified atom stereocenters. The molecular formula is C44H49ClN4O5. The summed E-state index contributed by atoms with van der Waals surface area (Å²) in [7, 11) is 0. The lowest BCUT2D eigenvalue weighted by Crippen LogP contribution is -2.57. The van der Waals surface area contributed by atoms with Crippen LogP contribution in [0.3, 0.4) is 0 Å². The molecule has 0 N–H and O–H groups in total. The van der Waals surface area contributed by atoms with Gasteiger partial charge in [-0.25, -0.2) is 4.79 Å². The average Bonchev–Trinajstić information content (AvgIpc) is 3.17. The lowest BCUT2D eigenvalue weighted by Gasteiger charge is -2.41. The van der Waals surface area contributed by atoms with Gasteiger partial charge in [0, 0.05) is 44.4 Å². The molecular weight excluding hydrogens is 700 g/mol. The normalized spacial score (nSPS) is 16.4. The van der Waals surface area contributed by atoms with Gasteiger partial charge in [-0.15, -0.1) is 0 Å². The largest absolute Gasteiger partial charge is 0.488 e. The van der Waals surface area contributed by atoms with Crippen LogP contribution in [0.25, 0.3) is 11.1 Å². The van der Waals surface area contributed by atoms with Crippen molar-refractivity contribution in [2.45, 2.75) is 78.4 Å². The van der Waals surface area contributed by atoms with E-state index in [2.05, 4.69) is 42.2 Å². The Balaban J connectivity index is 1.20. The quantitative estimate of drug-likeness (QED) is 0.160. The van der Waals surface area contributed by atoms with Gasteiger partial charge in [-0.05, 0) is 93.1 Å². The fourth-order valence-corrected chi connectivity index (χ4v) is 7.33. The number of ether oxygens (including phenoxy) is 3. The minimum Gasteiger partial charge on any atom is -0.488 e. The van der Waals surface area contributed by atoms with Crippen LogP contribution in [0.5, 0.6) is 11.5 Å². The zero-order valence-electron chi connectivity index (χ0n) is 31.6. The van der Waals surface area contributed by atoms with Gasteiger partial charge in [0.25, 0.3) is 0 Å². The van der Waals surface area contributed by atoms with Crippen LogP contribution in [0.2, 0.25) is 5.02 Å². The van der Waals surface area contributed by atoms with Crippen LogP contribution < -0.4 is 9.47 Å². The molecule has 0 spiro atoms. The number of hydrogen-bond donors (Lipinski definition) is 0. The van der Waals surface area contributed by atoms with E-state index in [1.165, 1.54) is 0 Å². The summed E-state index contributed by atoms with van der Waals surface area (Å²) >= 11 is 6.96. The van der Waals surface area contributed by atoms with Crippen molar-refractivity contribution in [2.75, 3.05) is 32.7 Å². The number of piperidine rings is 1. The van der Waals surface area contributed by atoms with Crippen LogP contribution in [-0.4, -0.2) is 71.1 Å². The number of halogens is 1. The van der Waals surface area contributed by atoms with E-state index < -0.39 is 5.60 Å². The second-order valence-corrected chi connectivity index (χ2v) is 15.4. The molecule has 0 aromatic heterocycles. The average molecular weight is 749 g/mol. The number of piperazine rings is 1. The molecule has 6 rings (SSSR count). The molecule has 1 atom stereocenters. The van der Waals surface area contributed by atoms with Crippen LogP contribution in [0.15, 0.2) is 84.9 Å². The Labute approximate surface area is 324 Å². The predicted octanol–water partition coefficient (Wildman–Crippen LogP) is 8.78. The maximum atomic E-state index is 14.0. The van der Waals surface area contributed by atoms with Gasteiger partial charge >= 0.3 is 6.09 Å². The Morgan fingerprint density at radius 1 is 0.815 bits per heavy atom. The topological polar surface area (TPSA) is 95.3 Å². The van der Waals surface area contributed by atoms with Crippen molar-refractivity contribution in [1.29, 1.82) is 5.26 Å². The first-order chi connectivity index (χ1) is 26.0. The summed E-state index contributed by atoms with van der Waals surface area (Å²) in [6.45, 7) is 11.2. The number of carbonyl (C=O) groups is 2. The Morgan fingerprint density at radius 2 is 1.54 bits per heavy atom. The van der Waals surface area contributed by atoms with Gasteiger partial charge in [0.15, 0.2) is 0 Å². The van der Waals surface area contributed by atoms with E-state index in [9.17, 15) is 14.9 Å². The second kappa shape index (κ2) is 17.4. The van der Waals surface area contributed by atoms with E-state index in [1.54, 1.807) is 11.0 Å². The number of benzene rings is 4. The molecule has 282 valence electrons. The van der Waals surface area contributed by atoms with Crippen molar-refractivity contribution in [3.05, 3.63) is 118 Å². The van der Waals surface area contributed by atoms with E-state index in [1.807, 2.05) is 80.3 Å². The summed E-state index contributed by atoms with van der Waals surface area (Å²) in [5.41, 5.74) is 6.18. The van der Waals surface area contributed by atoms with Gasteiger partial charge in [-0.2, -0.15) is 5.26 Å². The molecule has 2 saturated heterocycles. The number of nitriles is 1. The summed E-state index contributed by atoms with van der Waals surface area (Å²) in [5, 5.41) is 9.91. The number of hydrogen-bond acceptors (Lipinski definition) is 7. The molecule has 4 aromatic rings. The van der Waals surface area contributed by atoms with E-state index in [0.29, 0.717) is 61.4 Å². The van der Waals surface area contributed by atoms with Gasteiger partial charge in [-0.3, -0.25) is 9.69 Å². The first kappa shape index (κ1) is 38.7. The zero-order valence-corrected chi connectivity index (χ0v) is 32.4. The standard InChI is InChI=1S/C44H49ClN4O5/c1-31-35(16-11-17-37(31)34-14-6-5-7-15-34)30-53-41-26-40(52-29-33-13-10-12-32(24-33)27-46)36(25-38(41)45)28-49-19-9-8-18-39(49)42(50)47-20-22-48(23-21-47)43(51)54-44(2,3)4/h5-7,10-17,24-26,39H,8-9,18-23,28-30H2,1-4H3. The highest BCUT2D eigenvalue weighted by atomic mass is 35.5. The maximum absolute atomic E-state index is 14.0. The zero-order chi connectivity index (χ0) is 38.2. The fourth-order valence-electron chi connectivity index (χ4n) is 7.09. The predicted molar refractivity (Wildman–Crippen MR) is 210 cm³/mol. The fraction of sp³-hybridized carbons (Fsp3) is 0.386. The molecule has 2 aliphatic heterocycles. The molecule has 9 nitrogen and oxygen atoms in total. The van der Waals surface area contributed by atoms with Gasteiger partial charge < -0.3 is 24.0 Å². The molecule has 54 heavy (non-hydrogen) atoms. The summed E-state index contributed by atoms with van der Waals surface area (Å²) < 4.78 is 18.4. The smallest absolute Gasteiger partial charge is 0.410 e. The number of amides is 2. The monoisotopic (exact) mass is 748 g/mol. The molecule has 2 fully saturated rings.